The summed E-state index contributed by atoms with van der Waals surface area (Å²) >= 11 is 0. The van der Waals surface area contributed by atoms with Crippen molar-refractivity contribution in [1.29, 1.82) is 0 Å². The van der Waals surface area contributed by atoms with Crippen LogP contribution in [0.2, 0.25) is 0 Å². The van der Waals surface area contributed by atoms with E-state index < -0.39 is 5.97 Å². The molecule has 2 heterocycles. The Labute approximate surface area is 172 Å². The van der Waals surface area contributed by atoms with E-state index in [-0.39, 0.29) is 6.61 Å². The van der Waals surface area contributed by atoms with Crippen LogP contribution in [-0.2, 0) is 11.3 Å². The normalized spacial score (nSPS) is 11.1. The lowest BCUT2D eigenvalue weighted by molar-refractivity contribution is 0.0470. The number of carbonyl (C=O) groups is 1. The van der Waals surface area contributed by atoms with Gasteiger partial charge in [-0.1, -0.05) is 47.6 Å². The molecule has 0 aliphatic carbocycles. The maximum absolute atomic E-state index is 12.6. The predicted molar refractivity (Wildman–Crippen MR) is 113 cm³/mol. The molecular formula is C24H17N3O3. The van der Waals surface area contributed by atoms with Gasteiger partial charge in [0.25, 0.3) is 5.89 Å². The van der Waals surface area contributed by atoms with Crippen molar-refractivity contribution in [2.24, 2.45) is 0 Å². The van der Waals surface area contributed by atoms with Crippen molar-refractivity contribution in [3.05, 3.63) is 89.9 Å². The van der Waals surface area contributed by atoms with Crippen molar-refractivity contribution in [3.63, 3.8) is 0 Å². The van der Waals surface area contributed by atoms with Gasteiger partial charge in [0.15, 0.2) is 5.82 Å². The van der Waals surface area contributed by atoms with Crippen LogP contribution in [0.5, 0.6) is 0 Å². The van der Waals surface area contributed by atoms with Gasteiger partial charge in [0, 0.05) is 16.3 Å². The minimum Gasteiger partial charge on any atom is -0.456 e. The molecule has 0 aliphatic rings. The summed E-state index contributed by atoms with van der Waals surface area (Å²) in [6.45, 7) is 1.85. The number of fused-ring (bicyclic) bond motifs is 3. The van der Waals surface area contributed by atoms with Gasteiger partial charge in [-0.2, -0.15) is 4.98 Å². The number of aromatic nitrogens is 3. The van der Waals surface area contributed by atoms with E-state index in [1.54, 1.807) is 31.2 Å². The van der Waals surface area contributed by atoms with Crippen molar-refractivity contribution in [2.45, 2.75) is 13.5 Å². The van der Waals surface area contributed by atoms with Crippen LogP contribution >= 0.6 is 0 Å². The molecule has 0 radical (unpaired) electrons. The number of carbonyl (C=O) groups excluding carboxylic acids is 1. The first-order valence-electron chi connectivity index (χ1n) is 9.53. The van der Waals surface area contributed by atoms with E-state index in [0.29, 0.717) is 17.3 Å². The number of nitrogens with zero attached hydrogens (tertiary/aromatic N) is 3. The van der Waals surface area contributed by atoms with Crippen LogP contribution in [0.3, 0.4) is 0 Å². The van der Waals surface area contributed by atoms with Gasteiger partial charge in [0.1, 0.15) is 6.61 Å². The molecule has 5 aromatic rings. The Bertz CT molecular complexity index is 1370. The monoisotopic (exact) mass is 395 g/mol. The molecule has 6 heteroatoms. The molecule has 0 bridgehead atoms. The van der Waals surface area contributed by atoms with Crippen molar-refractivity contribution >= 4 is 27.6 Å². The van der Waals surface area contributed by atoms with Gasteiger partial charge in [0.2, 0.25) is 0 Å². The van der Waals surface area contributed by atoms with Crippen molar-refractivity contribution in [3.8, 4) is 11.5 Å². The number of aryl methyl sites for hydroxylation is 1. The second-order valence-corrected chi connectivity index (χ2v) is 6.92. The van der Waals surface area contributed by atoms with Gasteiger partial charge in [-0.25, -0.2) is 9.78 Å². The fourth-order valence-electron chi connectivity index (χ4n) is 3.46. The van der Waals surface area contributed by atoms with E-state index in [0.717, 1.165) is 32.9 Å². The molecule has 146 valence electrons. The second kappa shape index (κ2) is 7.40. The molecule has 6 nitrogen and oxygen atoms in total. The van der Waals surface area contributed by atoms with E-state index in [1.165, 1.54) is 0 Å². The molecule has 30 heavy (non-hydrogen) atoms. The smallest absolute Gasteiger partial charge is 0.338 e. The minimum atomic E-state index is -0.415. The third-order valence-corrected chi connectivity index (χ3v) is 4.92. The summed E-state index contributed by atoms with van der Waals surface area (Å²) in [6.07, 6.45) is 0. The zero-order valence-corrected chi connectivity index (χ0v) is 16.2. The molecule has 0 spiro atoms. The Morgan fingerprint density at radius 1 is 0.867 bits per heavy atom. The van der Waals surface area contributed by atoms with Crippen molar-refractivity contribution in [1.82, 2.24) is 15.1 Å². The lowest BCUT2D eigenvalue weighted by Crippen LogP contribution is -2.06. The molecule has 5 rings (SSSR count). The average molecular weight is 395 g/mol. The molecule has 0 saturated heterocycles. The number of esters is 1. The number of benzene rings is 3. The maximum atomic E-state index is 12.6. The molecule has 0 atom stereocenters. The molecule has 0 amide bonds. The fraction of sp³-hybridized carbons (Fsp3) is 0.0833. The number of hydrogen-bond acceptors (Lipinski definition) is 6. The first-order chi connectivity index (χ1) is 14.7. The number of rotatable bonds is 4. The van der Waals surface area contributed by atoms with E-state index in [2.05, 4.69) is 16.2 Å². The average Bonchev–Trinajstić information content (AvgIpc) is 3.23. The lowest BCUT2D eigenvalue weighted by Gasteiger charge is -2.10. The van der Waals surface area contributed by atoms with Gasteiger partial charge in [-0.3, -0.25) is 0 Å². The van der Waals surface area contributed by atoms with Crippen molar-refractivity contribution in [2.75, 3.05) is 0 Å². The maximum Gasteiger partial charge on any atom is 0.338 e. The van der Waals surface area contributed by atoms with Crippen LogP contribution < -0.4 is 0 Å². The minimum absolute atomic E-state index is 0.0921. The first-order valence-corrected chi connectivity index (χ1v) is 9.53. The van der Waals surface area contributed by atoms with E-state index in [4.69, 9.17) is 14.2 Å². The highest BCUT2D eigenvalue weighted by Gasteiger charge is 2.13. The van der Waals surface area contributed by atoms with Gasteiger partial charge in [-0.15, -0.1) is 0 Å². The van der Waals surface area contributed by atoms with Gasteiger partial charge in [0.05, 0.1) is 16.8 Å². The number of para-hydroxylation sites is 1. The molecule has 3 aromatic carbocycles. The van der Waals surface area contributed by atoms with Gasteiger partial charge in [-0.05, 0) is 42.6 Å². The molecule has 2 aromatic heterocycles. The van der Waals surface area contributed by atoms with Crippen LogP contribution in [-0.4, -0.2) is 21.1 Å². The lowest BCUT2D eigenvalue weighted by atomic mass is 10.0. The molecule has 0 saturated carbocycles. The predicted octanol–water partition coefficient (Wildman–Crippen LogP) is 5.10. The Morgan fingerprint density at radius 3 is 2.30 bits per heavy atom. The fourth-order valence-corrected chi connectivity index (χ4v) is 3.46. The molecule has 0 N–H and O–H groups in total. The Balaban J connectivity index is 1.39. The zero-order chi connectivity index (χ0) is 20.5. The highest BCUT2D eigenvalue weighted by atomic mass is 16.5. The summed E-state index contributed by atoms with van der Waals surface area (Å²) in [5, 5.41) is 6.92. The summed E-state index contributed by atoms with van der Waals surface area (Å²) in [4.78, 5) is 21.5. The molecule has 0 aliphatic heterocycles. The third-order valence-electron chi connectivity index (χ3n) is 4.92. The van der Waals surface area contributed by atoms with Crippen LogP contribution in [0.4, 0.5) is 0 Å². The van der Waals surface area contributed by atoms with Gasteiger partial charge >= 0.3 is 5.97 Å². The van der Waals surface area contributed by atoms with Crippen molar-refractivity contribution < 1.29 is 14.1 Å². The number of hydrogen-bond donors (Lipinski definition) is 0. The second-order valence-electron chi connectivity index (χ2n) is 6.92. The van der Waals surface area contributed by atoms with Crippen LogP contribution in [0.15, 0.2) is 77.3 Å². The van der Waals surface area contributed by atoms with Gasteiger partial charge < -0.3 is 9.26 Å². The van der Waals surface area contributed by atoms with Crippen LogP contribution in [0.1, 0.15) is 21.9 Å². The first kappa shape index (κ1) is 18.0. The van der Waals surface area contributed by atoms with E-state index in [1.807, 2.05) is 42.5 Å². The number of pyridine rings is 1. The van der Waals surface area contributed by atoms with E-state index >= 15 is 0 Å². The standard InChI is InChI=1S/C24H17N3O3/c1-15-25-23(30-27-15)16-10-12-17(13-11-16)24(28)29-14-22-20-8-3-2-6-18(20)19-7-4-5-9-21(19)26-22/h2-13H,14H2,1H3. The summed E-state index contributed by atoms with van der Waals surface area (Å²) in [6, 6.07) is 22.9. The molecular weight excluding hydrogens is 378 g/mol. The highest BCUT2D eigenvalue weighted by Crippen LogP contribution is 2.27. The quantitative estimate of drug-likeness (QED) is 0.311. The zero-order valence-electron chi connectivity index (χ0n) is 16.2. The van der Waals surface area contributed by atoms with E-state index in [9.17, 15) is 4.79 Å². The largest absolute Gasteiger partial charge is 0.456 e. The Hall–Kier alpha value is -4.06. The molecule has 0 fully saturated rings. The highest BCUT2D eigenvalue weighted by molar-refractivity contribution is 6.06. The Morgan fingerprint density at radius 2 is 1.57 bits per heavy atom. The Kier molecular flexibility index (Phi) is 4.44. The topological polar surface area (TPSA) is 78.1 Å². The summed E-state index contributed by atoms with van der Waals surface area (Å²) in [5.74, 6) is 0.560. The summed E-state index contributed by atoms with van der Waals surface area (Å²) in [7, 11) is 0. The summed E-state index contributed by atoms with van der Waals surface area (Å²) < 4.78 is 10.7. The van der Waals surface area contributed by atoms with Crippen LogP contribution in [0.25, 0.3) is 33.1 Å². The SMILES string of the molecule is Cc1noc(-c2ccc(C(=O)OCc3nc4ccccc4c4ccccc34)cc2)n1. The third kappa shape index (κ3) is 3.28. The van der Waals surface area contributed by atoms with Crippen LogP contribution in [0, 0.1) is 6.92 Å². The molecule has 0 unspecified atom stereocenters. The number of ether oxygens (including phenoxy) is 1. The summed E-state index contributed by atoms with van der Waals surface area (Å²) in [5.41, 5.74) is 2.80.